The summed E-state index contributed by atoms with van der Waals surface area (Å²) >= 11 is 0. The number of hydrogen-bond donors (Lipinski definition) is 2. The maximum atomic E-state index is 11.9. The summed E-state index contributed by atoms with van der Waals surface area (Å²) in [4.78, 5) is 21.8. The summed E-state index contributed by atoms with van der Waals surface area (Å²) in [5.74, 6) is 2.25. The molecule has 1 aromatic rings. The third kappa shape index (κ3) is 3.03. The molecule has 20 heavy (non-hydrogen) atoms. The second-order valence-corrected chi connectivity index (χ2v) is 5.91. The number of nitrogens with one attached hydrogen (secondary N) is 2. The van der Waals surface area contributed by atoms with Crippen molar-refractivity contribution in [2.45, 2.75) is 51.0 Å². The lowest BCUT2D eigenvalue weighted by Gasteiger charge is -2.36. The van der Waals surface area contributed by atoms with E-state index in [1.807, 2.05) is 0 Å². The van der Waals surface area contributed by atoms with Crippen LogP contribution >= 0.6 is 0 Å². The Morgan fingerprint density at radius 1 is 1.40 bits per heavy atom. The zero-order valence-corrected chi connectivity index (χ0v) is 12.2. The lowest BCUT2D eigenvalue weighted by Crippen LogP contribution is -2.46. The van der Waals surface area contributed by atoms with E-state index in [2.05, 4.69) is 22.1 Å². The molecule has 0 radical (unpaired) electrons. The van der Waals surface area contributed by atoms with Gasteiger partial charge in [0.05, 0.1) is 0 Å². The highest BCUT2D eigenvalue weighted by molar-refractivity contribution is 5.40. The Morgan fingerprint density at radius 2 is 2.25 bits per heavy atom. The van der Waals surface area contributed by atoms with Crippen LogP contribution in [0.3, 0.4) is 0 Å². The Kier molecular flexibility index (Phi) is 4.05. The molecule has 1 saturated heterocycles. The van der Waals surface area contributed by atoms with Crippen LogP contribution in [0.2, 0.25) is 0 Å². The number of hydrogen-bond acceptors (Lipinski definition) is 4. The first-order valence-corrected chi connectivity index (χ1v) is 7.86. The number of aromatic amines is 1. The van der Waals surface area contributed by atoms with Crippen LogP contribution in [-0.4, -0.2) is 35.6 Å². The van der Waals surface area contributed by atoms with Crippen LogP contribution in [0.15, 0.2) is 10.9 Å². The molecule has 1 aliphatic carbocycles. The molecule has 0 aromatic carbocycles. The first kappa shape index (κ1) is 13.6. The molecule has 2 N–H and O–H groups in total. The van der Waals surface area contributed by atoms with Gasteiger partial charge in [0, 0.05) is 31.1 Å². The molecule has 0 spiro atoms. The van der Waals surface area contributed by atoms with E-state index in [0.717, 1.165) is 44.1 Å². The average Bonchev–Trinajstić information content (AvgIpc) is 3.29. The first-order valence-electron chi connectivity index (χ1n) is 7.86. The molecule has 1 saturated carbocycles. The number of rotatable bonds is 5. The molecule has 1 atom stereocenters. The molecule has 0 bridgehead atoms. The molecule has 3 rings (SSSR count). The second-order valence-electron chi connectivity index (χ2n) is 5.91. The van der Waals surface area contributed by atoms with Crippen molar-refractivity contribution in [3.63, 3.8) is 0 Å². The minimum Gasteiger partial charge on any atom is -0.352 e. The molecule has 1 aliphatic heterocycles. The predicted molar refractivity (Wildman–Crippen MR) is 80.4 cm³/mol. The smallest absolute Gasteiger partial charge is 0.252 e. The maximum Gasteiger partial charge on any atom is 0.252 e. The van der Waals surface area contributed by atoms with Gasteiger partial charge in [-0.1, -0.05) is 6.92 Å². The molecular formula is C15H24N4O. The molecule has 5 nitrogen and oxygen atoms in total. The van der Waals surface area contributed by atoms with E-state index in [9.17, 15) is 4.79 Å². The fourth-order valence-corrected chi connectivity index (χ4v) is 2.99. The van der Waals surface area contributed by atoms with Crippen molar-refractivity contribution >= 4 is 5.82 Å². The summed E-state index contributed by atoms with van der Waals surface area (Å²) in [6.45, 7) is 5.10. The Hall–Kier alpha value is -1.36. The summed E-state index contributed by atoms with van der Waals surface area (Å²) in [6, 6.07) is 2.13. The number of nitrogens with zero attached hydrogens (tertiary/aromatic N) is 2. The number of aromatic nitrogens is 2. The van der Waals surface area contributed by atoms with Crippen LogP contribution in [0.5, 0.6) is 0 Å². The van der Waals surface area contributed by atoms with Gasteiger partial charge < -0.3 is 15.2 Å². The van der Waals surface area contributed by atoms with Gasteiger partial charge in [-0.2, -0.15) is 0 Å². The maximum absolute atomic E-state index is 11.9. The van der Waals surface area contributed by atoms with Gasteiger partial charge in [-0.25, -0.2) is 4.98 Å². The van der Waals surface area contributed by atoms with Gasteiger partial charge in [0.25, 0.3) is 5.56 Å². The van der Waals surface area contributed by atoms with E-state index in [-0.39, 0.29) is 5.56 Å². The van der Waals surface area contributed by atoms with Crippen LogP contribution in [-0.2, 0) is 0 Å². The first-order chi connectivity index (χ1) is 9.78. The van der Waals surface area contributed by atoms with E-state index >= 15 is 0 Å². The fraction of sp³-hybridized carbons (Fsp3) is 0.733. The second kappa shape index (κ2) is 5.95. The van der Waals surface area contributed by atoms with Gasteiger partial charge in [-0.3, -0.25) is 4.79 Å². The summed E-state index contributed by atoms with van der Waals surface area (Å²) in [5.41, 5.74) is -0.00956. The molecule has 1 aromatic heterocycles. The zero-order valence-electron chi connectivity index (χ0n) is 12.2. The van der Waals surface area contributed by atoms with Gasteiger partial charge in [0.2, 0.25) is 0 Å². The summed E-state index contributed by atoms with van der Waals surface area (Å²) in [6.07, 6.45) is 5.96. The van der Waals surface area contributed by atoms with Gasteiger partial charge in [0.1, 0.15) is 11.6 Å². The van der Waals surface area contributed by atoms with E-state index in [0.29, 0.717) is 12.0 Å². The van der Waals surface area contributed by atoms with E-state index in [1.165, 1.54) is 19.3 Å². The van der Waals surface area contributed by atoms with Crippen LogP contribution in [0.4, 0.5) is 5.82 Å². The van der Waals surface area contributed by atoms with Crippen molar-refractivity contribution in [2.75, 3.05) is 24.5 Å². The summed E-state index contributed by atoms with van der Waals surface area (Å²) in [5, 5.41) is 3.43. The van der Waals surface area contributed by atoms with E-state index < -0.39 is 0 Å². The largest absolute Gasteiger partial charge is 0.352 e. The van der Waals surface area contributed by atoms with Gasteiger partial charge >= 0.3 is 0 Å². The Bertz CT molecular complexity index is 509. The number of H-pyrrole nitrogens is 1. The highest BCUT2D eigenvalue weighted by atomic mass is 16.1. The van der Waals surface area contributed by atoms with Crippen molar-refractivity contribution in [3.05, 3.63) is 22.2 Å². The quantitative estimate of drug-likeness (QED) is 0.858. The highest BCUT2D eigenvalue weighted by Crippen LogP contribution is 2.38. The summed E-state index contributed by atoms with van der Waals surface area (Å²) < 4.78 is 0. The standard InChI is InChI=1S/C15H24N4O/c1-2-16-10-12-5-3-4-8-19(12)13-9-14(20)18-15(17-13)11-6-7-11/h9,11-12,16H,2-8,10H2,1H3,(H,17,18,20). The van der Waals surface area contributed by atoms with Gasteiger partial charge in [-0.15, -0.1) is 0 Å². The Balaban J connectivity index is 1.83. The average molecular weight is 276 g/mol. The van der Waals surface area contributed by atoms with Crippen molar-refractivity contribution in [1.82, 2.24) is 15.3 Å². The topological polar surface area (TPSA) is 61.0 Å². The highest BCUT2D eigenvalue weighted by Gasteiger charge is 2.29. The van der Waals surface area contributed by atoms with Crippen molar-refractivity contribution in [1.29, 1.82) is 0 Å². The van der Waals surface area contributed by atoms with Crippen molar-refractivity contribution in [3.8, 4) is 0 Å². The molecule has 2 aliphatic rings. The molecule has 5 heteroatoms. The SMILES string of the molecule is CCNCC1CCCCN1c1cc(=O)[nH]c(C2CC2)n1. The fourth-order valence-electron chi connectivity index (χ4n) is 2.99. The molecule has 2 fully saturated rings. The minimum absolute atomic E-state index is 0.00956. The minimum atomic E-state index is -0.00956. The molecule has 110 valence electrons. The lowest BCUT2D eigenvalue weighted by atomic mass is 10.0. The molecule has 1 unspecified atom stereocenters. The summed E-state index contributed by atoms with van der Waals surface area (Å²) in [7, 11) is 0. The Morgan fingerprint density at radius 3 is 3.00 bits per heavy atom. The lowest BCUT2D eigenvalue weighted by molar-refractivity contribution is 0.435. The zero-order chi connectivity index (χ0) is 13.9. The van der Waals surface area contributed by atoms with E-state index in [1.54, 1.807) is 6.07 Å². The van der Waals surface area contributed by atoms with Crippen molar-refractivity contribution < 1.29 is 0 Å². The van der Waals surface area contributed by atoms with Crippen LogP contribution < -0.4 is 15.8 Å². The van der Waals surface area contributed by atoms with Crippen molar-refractivity contribution in [2.24, 2.45) is 0 Å². The Labute approximate surface area is 119 Å². The third-order valence-electron chi connectivity index (χ3n) is 4.26. The normalized spacial score (nSPS) is 23.1. The monoisotopic (exact) mass is 276 g/mol. The van der Waals surface area contributed by atoms with Crippen LogP contribution in [0, 0.1) is 0 Å². The van der Waals surface area contributed by atoms with E-state index in [4.69, 9.17) is 4.98 Å². The molecule has 2 heterocycles. The number of anilines is 1. The van der Waals surface area contributed by atoms with Crippen LogP contribution in [0.1, 0.15) is 50.8 Å². The van der Waals surface area contributed by atoms with Gasteiger partial charge in [-0.05, 0) is 38.6 Å². The predicted octanol–water partition coefficient (Wildman–Crippen LogP) is 1.62. The molecule has 0 amide bonds. The third-order valence-corrected chi connectivity index (χ3v) is 4.26. The van der Waals surface area contributed by atoms with Gasteiger partial charge in [0.15, 0.2) is 0 Å². The molecular weight excluding hydrogens is 252 g/mol. The number of likely N-dealkylation sites (N-methyl/N-ethyl adjacent to an activating group) is 1. The van der Waals surface area contributed by atoms with Crippen LogP contribution in [0.25, 0.3) is 0 Å². The number of piperidine rings is 1.